The average Bonchev–Trinajstić information content (AvgIpc) is 2.71. The summed E-state index contributed by atoms with van der Waals surface area (Å²) in [6, 6.07) is 10.7. The molecule has 0 saturated heterocycles. The molecule has 0 bridgehead atoms. The average molecular weight is 452 g/mol. The Morgan fingerprint density at radius 2 is 1.70 bits per heavy atom. The van der Waals surface area contributed by atoms with E-state index < -0.39 is 26.0 Å². The minimum Gasteiger partial charge on any atom is -0.351 e. The fourth-order valence-corrected chi connectivity index (χ4v) is 5.00. The Kier molecular flexibility index (Phi) is 7.90. The molecule has 0 spiro atoms. The number of hydrogen-bond donors (Lipinski definition) is 3. The smallest absolute Gasteiger partial charge is 0.251 e. The third-order valence-electron chi connectivity index (χ3n) is 4.16. The number of nitrogens with one attached hydrogen (secondary N) is 3. The number of rotatable bonds is 10. The van der Waals surface area contributed by atoms with Crippen molar-refractivity contribution in [3.8, 4) is 0 Å². The summed E-state index contributed by atoms with van der Waals surface area (Å²) in [7, 11) is -7.46. The number of hydrogen-bond acceptors (Lipinski definition) is 5. The van der Waals surface area contributed by atoms with E-state index in [0.29, 0.717) is 5.56 Å². The zero-order chi connectivity index (χ0) is 22.4. The van der Waals surface area contributed by atoms with Crippen molar-refractivity contribution in [3.63, 3.8) is 0 Å². The molecule has 2 aromatic rings. The summed E-state index contributed by atoms with van der Waals surface area (Å²) in [6.07, 6.45) is 1.41. The molecule has 10 heteroatoms. The van der Waals surface area contributed by atoms with Gasteiger partial charge in [-0.15, -0.1) is 6.58 Å². The summed E-state index contributed by atoms with van der Waals surface area (Å²) in [5.74, 6) is -0.512. The van der Waals surface area contributed by atoms with Crippen LogP contribution in [0.25, 0.3) is 0 Å². The van der Waals surface area contributed by atoms with Crippen molar-refractivity contribution < 1.29 is 21.6 Å². The first-order valence-electron chi connectivity index (χ1n) is 9.12. The number of sulfonamides is 2. The summed E-state index contributed by atoms with van der Waals surface area (Å²) in [6.45, 7) is 7.06. The summed E-state index contributed by atoms with van der Waals surface area (Å²) in [5, 5.41) is 2.57. The molecule has 0 fully saturated rings. The molecule has 8 nitrogen and oxygen atoms in total. The van der Waals surface area contributed by atoms with Crippen LogP contribution in [0.15, 0.2) is 64.9 Å². The molecule has 0 heterocycles. The highest BCUT2D eigenvalue weighted by Crippen LogP contribution is 2.16. The van der Waals surface area contributed by atoms with Crippen LogP contribution in [0.1, 0.15) is 21.5 Å². The van der Waals surface area contributed by atoms with Crippen LogP contribution >= 0.6 is 0 Å². The normalized spacial score (nSPS) is 11.8. The molecule has 0 saturated carbocycles. The minimum atomic E-state index is -3.75. The highest BCUT2D eigenvalue weighted by Gasteiger charge is 2.17. The first-order valence-corrected chi connectivity index (χ1v) is 12.1. The minimum absolute atomic E-state index is 0.0136. The third-order valence-corrected chi connectivity index (χ3v) is 7.18. The summed E-state index contributed by atoms with van der Waals surface area (Å²) in [4.78, 5) is 12.5. The first kappa shape index (κ1) is 23.7. The van der Waals surface area contributed by atoms with Gasteiger partial charge in [-0.3, -0.25) is 4.79 Å². The van der Waals surface area contributed by atoms with Crippen molar-refractivity contribution in [2.24, 2.45) is 0 Å². The molecule has 2 aromatic carbocycles. The molecule has 0 radical (unpaired) electrons. The number of carbonyl (C=O) groups excluding carboxylic acids is 1. The maximum absolute atomic E-state index is 12.5. The van der Waals surface area contributed by atoms with Gasteiger partial charge in [-0.2, -0.15) is 0 Å². The van der Waals surface area contributed by atoms with Crippen LogP contribution < -0.4 is 14.8 Å². The van der Waals surface area contributed by atoms with Gasteiger partial charge < -0.3 is 5.32 Å². The fraction of sp³-hybridized carbons (Fsp3) is 0.250. The quantitative estimate of drug-likeness (QED) is 0.373. The van der Waals surface area contributed by atoms with E-state index in [2.05, 4.69) is 21.3 Å². The van der Waals surface area contributed by atoms with Crippen molar-refractivity contribution in [2.45, 2.75) is 23.6 Å². The van der Waals surface area contributed by atoms with Gasteiger partial charge in [-0.05, 0) is 49.2 Å². The molecule has 0 aliphatic carbocycles. The Morgan fingerprint density at radius 3 is 2.40 bits per heavy atom. The molecule has 2 rings (SSSR count). The maximum atomic E-state index is 12.5. The van der Waals surface area contributed by atoms with Gasteiger partial charge in [-0.1, -0.05) is 24.3 Å². The van der Waals surface area contributed by atoms with Gasteiger partial charge in [0.2, 0.25) is 20.0 Å². The summed E-state index contributed by atoms with van der Waals surface area (Å²) >= 11 is 0. The second-order valence-electron chi connectivity index (χ2n) is 6.59. The molecular formula is C20H25N3O5S2. The molecule has 0 aliphatic heterocycles. The lowest BCUT2D eigenvalue weighted by molar-refractivity contribution is 0.0954. The molecule has 0 unspecified atom stereocenters. The predicted octanol–water partition coefficient (Wildman–Crippen LogP) is 1.48. The Labute approximate surface area is 177 Å². The van der Waals surface area contributed by atoms with E-state index in [-0.39, 0.29) is 35.0 Å². The number of carbonyl (C=O) groups is 1. The molecular weight excluding hydrogens is 426 g/mol. The lowest BCUT2D eigenvalue weighted by Crippen LogP contribution is -2.35. The van der Waals surface area contributed by atoms with Crippen LogP contribution in [0.4, 0.5) is 0 Å². The van der Waals surface area contributed by atoms with Crippen LogP contribution in [-0.2, 0) is 20.0 Å². The SMILES string of the molecule is C=CCNS(=O)(=O)c1cccc(C(=O)NCCNS(=O)(=O)c2cc(C)ccc2C)c1. The highest BCUT2D eigenvalue weighted by molar-refractivity contribution is 7.89. The van der Waals surface area contributed by atoms with Crippen molar-refractivity contribution >= 4 is 26.0 Å². The third kappa shape index (κ3) is 6.23. The predicted molar refractivity (Wildman–Crippen MR) is 115 cm³/mol. The highest BCUT2D eigenvalue weighted by atomic mass is 32.2. The van der Waals surface area contributed by atoms with Crippen LogP contribution in [0.3, 0.4) is 0 Å². The first-order chi connectivity index (χ1) is 14.1. The monoisotopic (exact) mass is 451 g/mol. The molecule has 0 aromatic heterocycles. The number of amides is 1. The lowest BCUT2D eigenvalue weighted by Gasteiger charge is -2.11. The van der Waals surface area contributed by atoms with Crippen LogP contribution in [-0.4, -0.2) is 42.4 Å². The summed E-state index contributed by atoms with van der Waals surface area (Å²) < 4.78 is 54.0. The van der Waals surface area contributed by atoms with Gasteiger partial charge in [0, 0.05) is 25.2 Å². The topological polar surface area (TPSA) is 121 Å². The molecule has 30 heavy (non-hydrogen) atoms. The largest absolute Gasteiger partial charge is 0.351 e. The van der Waals surface area contributed by atoms with Crippen molar-refractivity contribution in [1.82, 2.24) is 14.8 Å². The lowest BCUT2D eigenvalue weighted by atomic mass is 10.2. The van der Waals surface area contributed by atoms with Gasteiger partial charge in [0.25, 0.3) is 5.91 Å². The molecule has 0 atom stereocenters. The summed E-state index contributed by atoms with van der Waals surface area (Å²) in [5.41, 5.74) is 1.60. The maximum Gasteiger partial charge on any atom is 0.251 e. The van der Waals surface area contributed by atoms with Crippen molar-refractivity contribution in [2.75, 3.05) is 19.6 Å². The van der Waals surface area contributed by atoms with Crippen molar-refractivity contribution in [3.05, 3.63) is 71.8 Å². The molecule has 162 valence electrons. The van der Waals surface area contributed by atoms with Gasteiger partial charge in [-0.25, -0.2) is 26.3 Å². The zero-order valence-electron chi connectivity index (χ0n) is 16.8. The van der Waals surface area contributed by atoms with Gasteiger partial charge >= 0.3 is 0 Å². The Morgan fingerprint density at radius 1 is 0.967 bits per heavy atom. The Bertz CT molecular complexity index is 1140. The van der Waals surface area contributed by atoms with E-state index in [9.17, 15) is 21.6 Å². The van der Waals surface area contributed by atoms with E-state index >= 15 is 0 Å². The standard InChI is InChI=1S/C20H25N3O5S2/c1-4-10-22-29(25,26)18-7-5-6-17(14-18)20(24)21-11-12-23-30(27,28)19-13-15(2)8-9-16(19)3/h4-9,13-14,22-23H,1,10-12H2,2-3H3,(H,21,24). The van der Waals surface area contributed by atoms with Crippen LogP contribution in [0.5, 0.6) is 0 Å². The van der Waals surface area contributed by atoms with Gasteiger partial charge in [0.15, 0.2) is 0 Å². The second-order valence-corrected chi connectivity index (χ2v) is 10.1. The Balaban J connectivity index is 1.97. The van der Waals surface area contributed by atoms with E-state index in [1.54, 1.807) is 26.0 Å². The van der Waals surface area contributed by atoms with E-state index in [0.717, 1.165) is 5.56 Å². The van der Waals surface area contributed by atoms with Crippen molar-refractivity contribution in [1.29, 1.82) is 0 Å². The van der Waals surface area contributed by atoms with Gasteiger partial charge in [0.1, 0.15) is 0 Å². The molecule has 1 amide bonds. The zero-order valence-corrected chi connectivity index (χ0v) is 18.4. The number of benzene rings is 2. The number of aryl methyl sites for hydroxylation is 2. The molecule has 3 N–H and O–H groups in total. The van der Waals surface area contributed by atoms with E-state index in [4.69, 9.17) is 0 Å². The van der Waals surface area contributed by atoms with E-state index in [1.807, 2.05) is 6.07 Å². The molecule has 0 aliphatic rings. The fourth-order valence-electron chi connectivity index (χ4n) is 2.59. The second kappa shape index (κ2) is 9.98. The Hall–Kier alpha value is -2.53. The van der Waals surface area contributed by atoms with Gasteiger partial charge in [0.05, 0.1) is 9.79 Å². The van der Waals surface area contributed by atoms with Crippen LogP contribution in [0.2, 0.25) is 0 Å². The van der Waals surface area contributed by atoms with Crippen LogP contribution in [0, 0.1) is 13.8 Å². The van der Waals surface area contributed by atoms with E-state index in [1.165, 1.54) is 30.3 Å².